The van der Waals surface area contributed by atoms with Crippen LogP contribution in [0.2, 0.25) is 0 Å². The van der Waals surface area contributed by atoms with Gasteiger partial charge in [-0.25, -0.2) is 0 Å². The SMILES string of the molecule is C=CCCC(C)(C)C(CC)CCC1(CC)OC1C(C)=O. The molecule has 0 N–H and O–H groups in total. The Morgan fingerprint density at radius 2 is 2.10 bits per heavy atom. The van der Waals surface area contributed by atoms with Crippen LogP contribution in [0.25, 0.3) is 0 Å². The van der Waals surface area contributed by atoms with Crippen LogP contribution in [0.1, 0.15) is 73.1 Å². The fraction of sp³-hybridized carbons (Fsp3) is 0.833. The van der Waals surface area contributed by atoms with Crippen molar-refractivity contribution in [3.8, 4) is 0 Å². The van der Waals surface area contributed by atoms with Gasteiger partial charge in [0.15, 0.2) is 5.78 Å². The molecule has 0 bridgehead atoms. The van der Waals surface area contributed by atoms with E-state index in [1.54, 1.807) is 6.92 Å². The molecule has 1 fully saturated rings. The van der Waals surface area contributed by atoms with E-state index >= 15 is 0 Å². The van der Waals surface area contributed by atoms with Gasteiger partial charge in [0.25, 0.3) is 0 Å². The molecule has 0 aromatic heterocycles. The van der Waals surface area contributed by atoms with E-state index < -0.39 is 0 Å². The molecule has 2 nitrogen and oxygen atoms in total. The van der Waals surface area contributed by atoms with Crippen molar-refractivity contribution < 1.29 is 9.53 Å². The van der Waals surface area contributed by atoms with Gasteiger partial charge in [-0.15, -0.1) is 6.58 Å². The van der Waals surface area contributed by atoms with Crippen molar-refractivity contribution >= 4 is 5.78 Å². The van der Waals surface area contributed by atoms with Crippen LogP contribution >= 0.6 is 0 Å². The summed E-state index contributed by atoms with van der Waals surface area (Å²) < 4.78 is 5.74. The Balaban J connectivity index is 2.57. The number of allylic oxidation sites excluding steroid dienone is 1. The Labute approximate surface area is 125 Å². The van der Waals surface area contributed by atoms with Gasteiger partial charge < -0.3 is 4.74 Å². The molecule has 1 aliphatic rings. The van der Waals surface area contributed by atoms with Crippen molar-refractivity contribution in [1.82, 2.24) is 0 Å². The molecule has 1 rings (SSSR count). The van der Waals surface area contributed by atoms with E-state index in [9.17, 15) is 4.79 Å². The van der Waals surface area contributed by atoms with Gasteiger partial charge >= 0.3 is 0 Å². The van der Waals surface area contributed by atoms with Crippen molar-refractivity contribution in [3.05, 3.63) is 12.7 Å². The first kappa shape index (κ1) is 17.4. The number of ether oxygens (including phenoxy) is 1. The monoisotopic (exact) mass is 280 g/mol. The van der Waals surface area contributed by atoms with Crippen LogP contribution in [0.15, 0.2) is 12.7 Å². The van der Waals surface area contributed by atoms with Gasteiger partial charge in [0, 0.05) is 0 Å². The first-order chi connectivity index (χ1) is 9.33. The third kappa shape index (κ3) is 3.94. The quantitative estimate of drug-likeness (QED) is 0.420. The van der Waals surface area contributed by atoms with E-state index in [-0.39, 0.29) is 17.5 Å². The second-order valence-electron chi connectivity index (χ2n) is 6.99. The summed E-state index contributed by atoms with van der Waals surface area (Å²) in [4.78, 5) is 11.5. The zero-order valence-electron chi connectivity index (χ0n) is 14.0. The normalized spacial score (nSPS) is 27.1. The molecule has 1 aliphatic heterocycles. The van der Waals surface area contributed by atoms with Crippen LogP contribution in [-0.2, 0) is 9.53 Å². The van der Waals surface area contributed by atoms with Crippen LogP contribution in [-0.4, -0.2) is 17.5 Å². The average Bonchev–Trinajstić information content (AvgIpc) is 3.12. The second kappa shape index (κ2) is 6.89. The molecule has 3 atom stereocenters. The fourth-order valence-corrected chi connectivity index (χ4v) is 3.53. The minimum atomic E-state index is -0.145. The number of Topliss-reactive ketones (excluding diaryl/α,β-unsaturated/α-hetero) is 1. The molecule has 0 amide bonds. The molecule has 0 radical (unpaired) electrons. The van der Waals surface area contributed by atoms with Gasteiger partial charge in [-0.2, -0.15) is 0 Å². The zero-order chi connectivity index (χ0) is 15.4. The number of epoxide rings is 1. The maximum absolute atomic E-state index is 11.5. The molecule has 3 unspecified atom stereocenters. The molecule has 1 heterocycles. The van der Waals surface area contributed by atoms with Gasteiger partial charge in [0.2, 0.25) is 0 Å². The van der Waals surface area contributed by atoms with E-state index in [0.717, 1.165) is 25.7 Å². The summed E-state index contributed by atoms with van der Waals surface area (Å²) in [6, 6.07) is 0. The summed E-state index contributed by atoms with van der Waals surface area (Å²) >= 11 is 0. The summed E-state index contributed by atoms with van der Waals surface area (Å²) in [5.74, 6) is 0.869. The molecule has 0 aromatic carbocycles. The third-order valence-electron chi connectivity index (χ3n) is 5.25. The van der Waals surface area contributed by atoms with Crippen molar-refractivity contribution in [2.45, 2.75) is 84.8 Å². The number of ketones is 1. The van der Waals surface area contributed by atoms with Crippen LogP contribution in [0, 0.1) is 11.3 Å². The second-order valence-corrected chi connectivity index (χ2v) is 6.99. The lowest BCUT2D eigenvalue weighted by Crippen LogP contribution is -2.27. The third-order valence-corrected chi connectivity index (χ3v) is 5.25. The molecule has 116 valence electrons. The Bertz CT molecular complexity index is 345. The van der Waals surface area contributed by atoms with Crippen LogP contribution in [0.3, 0.4) is 0 Å². The summed E-state index contributed by atoms with van der Waals surface area (Å²) in [5.41, 5.74) is 0.187. The fourth-order valence-electron chi connectivity index (χ4n) is 3.53. The molecule has 0 aliphatic carbocycles. The Hall–Kier alpha value is -0.630. The van der Waals surface area contributed by atoms with Crippen LogP contribution in [0.5, 0.6) is 0 Å². The van der Waals surface area contributed by atoms with Gasteiger partial charge in [0.05, 0.1) is 0 Å². The molecule has 0 spiro atoms. The minimum Gasteiger partial charge on any atom is -0.358 e. The molecule has 1 saturated heterocycles. The first-order valence-electron chi connectivity index (χ1n) is 8.12. The smallest absolute Gasteiger partial charge is 0.161 e. The van der Waals surface area contributed by atoms with Gasteiger partial charge in [0.1, 0.15) is 11.7 Å². The predicted octanol–water partition coefficient (Wildman–Crippen LogP) is 4.92. The lowest BCUT2D eigenvalue weighted by Gasteiger charge is -2.34. The van der Waals surface area contributed by atoms with Gasteiger partial charge in [-0.05, 0) is 50.4 Å². The number of rotatable bonds is 10. The maximum atomic E-state index is 11.5. The first-order valence-corrected chi connectivity index (χ1v) is 8.12. The molecule has 0 saturated carbocycles. The van der Waals surface area contributed by atoms with Crippen molar-refractivity contribution in [2.75, 3.05) is 0 Å². The molecule has 2 heteroatoms. The Kier molecular flexibility index (Phi) is 6.00. The summed E-state index contributed by atoms with van der Waals surface area (Å²) in [6.45, 7) is 14.6. The maximum Gasteiger partial charge on any atom is 0.161 e. The van der Waals surface area contributed by atoms with Gasteiger partial charge in [-0.1, -0.05) is 40.2 Å². The lowest BCUT2D eigenvalue weighted by atomic mass is 9.71. The largest absolute Gasteiger partial charge is 0.358 e. The highest BCUT2D eigenvalue weighted by Gasteiger charge is 2.57. The van der Waals surface area contributed by atoms with E-state index in [2.05, 4.69) is 34.3 Å². The number of hydrogen-bond donors (Lipinski definition) is 0. The number of hydrogen-bond acceptors (Lipinski definition) is 2. The van der Waals surface area contributed by atoms with Crippen LogP contribution in [0.4, 0.5) is 0 Å². The highest BCUT2D eigenvalue weighted by molar-refractivity contribution is 5.84. The summed E-state index contributed by atoms with van der Waals surface area (Å²) in [5, 5.41) is 0. The Morgan fingerprint density at radius 1 is 1.45 bits per heavy atom. The number of carbonyl (C=O) groups is 1. The highest BCUT2D eigenvalue weighted by Crippen LogP contribution is 2.47. The van der Waals surface area contributed by atoms with E-state index in [4.69, 9.17) is 4.74 Å². The molecule has 0 aromatic rings. The summed E-state index contributed by atoms with van der Waals surface area (Å²) in [7, 11) is 0. The predicted molar refractivity (Wildman–Crippen MR) is 84.8 cm³/mol. The van der Waals surface area contributed by atoms with Crippen LogP contribution < -0.4 is 0 Å². The van der Waals surface area contributed by atoms with E-state index in [1.807, 2.05) is 6.08 Å². The standard InChI is InChI=1S/C18H32O2/c1-7-10-12-17(5,6)15(8-2)11-13-18(9-3)16(20-18)14(4)19/h7,15-16H,1,8-13H2,2-6H3. The molecule has 20 heavy (non-hydrogen) atoms. The minimum absolute atomic E-state index is 0.138. The zero-order valence-corrected chi connectivity index (χ0v) is 14.0. The number of carbonyl (C=O) groups excluding carboxylic acids is 1. The molecular weight excluding hydrogens is 248 g/mol. The van der Waals surface area contributed by atoms with Crippen molar-refractivity contribution in [1.29, 1.82) is 0 Å². The molecular formula is C18H32O2. The van der Waals surface area contributed by atoms with E-state index in [1.165, 1.54) is 12.8 Å². The van der Waals surface area contributed by atoms with E-state index in [0.29, 0.717) is 11.3 Å². The highest BCUT2D eigenvalue weighted by atomic mass is 16.6. The van der Waals surface area contributed by atoms with Crippen molar-refractivity contribution in [3.63, 3.8) is 0 Å². The lowest BCUT2D eigenvalue weighted by molar-refractivity contribution is -0.118. The van der Waals surface area contributed by atoms with Gasteiger partial charge in [-0.3, -0.25) is 4.79 Å². The summed E-state index contributed by atoms with van der Waals surface area (Å²) in [6.07, 6.45) is 8.44. The average molecular weight is 280 g/mol. The van der Waals surface area contributed by atoms with Crippen molar-refractivity contribution in [2.24, 2.45) is 11.3 Å². The Morgan fingerprint density at radius 3 is 2.50 bits per heavy atom. The topological polar surface area (TPSA) is 29.6 Å².